The van der Waals surface area contributed by atoms with E-state index in [1.165, 1.54) is 12.8 Å². The van der Waals surface area contributed by atoms with Crippen LogP contribution in [0.2, 0.25) is 0 Å². The highest BCUT2D eigenvalue weighted by Crippen LogP contribution is 2.39. The van der Waals surface area contributed by atoms with Crippen LogP contribution in [-0.2, 0) is 0 Å². The molecule has 0 aromatic heterocycles. The molecule has 19 heavy (non-hydrogen) atoms. The molecule has 102 valence electrons. The van der Waals surface area contributed by atoms with Crippen molar-refractivity contribution in [2.75, 3.05) is 20.2 Å². The van der Waals surface area contributed by atoms with Gasteiger partial charge in [-0.3, -0.25) is 4.79 Å². The van der Waals surface area contributed by atoms with Crippen molar-refractivity contribution in [2.24, 2.45) is 11.8 Å². The number of hydrogen-bond donors (Lipinski definition) is 1. The summed E-state index contributed by atoms with van der Waals surface area (Å²) in [5.74, 6) is 2.57. The maximum Gasteiger partial charge on any atom is 0.161 e. The Morgan fingerprint density at radius 3 is 2.58 bits per heavy atom. The van der Waals surface area contributed by atoms with Crippen molar-refractivity contribution in [1.82, 2.24) is 5.32 Å². The smallest absolute Gasteiger partial charge is 0.161 e. The van der Waals surface area contributed by atoms with E-state index in [0.29, 0.717) is 23.1 Å². The van der Waals surface area contributed by atoms with Crippen LogP contribution in [0.1, 0.15) is 23.2 Å². The van der Waals surface area contributed by atoms with Crippen LogP contribution in [0.25, 0.3) is 0 Å². The molecule has 2 unspecified atom stereocenters. The third-order valence-electron chi connectivity index (χ3n) is 4.24. The summed E-state index contributed by atoms with van der Waals surface area (Å²) in [6.45, 7) is 2.08. The second kappa shape index (κ2) is 5.21. The van der Waals surface area contributed by atoms with Gasteiger partial charge in [0.15, 0.2) is 11.5 Å². The minimum atomic E-state index is 0.275. The van der Waals surface area contributed by atoms with Gasteiger partial charge in [0.25, 0.3) is 0 Å². The Kier molecular flexibility index (Phi) is 3.42. The van der Waals surface area contributed by atoms with Crippen LogP contribution < -0.4 is 14.8 Å². The highest BCUT2D eigenvalue weighted by molar-refractivity contribution is 5.76. The standard InChI is InChI=1S/C15H19NO3/c1-18-14-6-10(9-17)2-5-13(14)19-15-11-3-4-12(15)8-16-7-11/h2,5-6,9,11-12,15-16H,3-4,7-8H2,1H3. The highest BCUT2D eigenvalue weighted by Gasteiger charge is 2.40. The first kappa shape index (κ1) is 12.5. The van der Waals surface area contributed by atoms with Crippen LogP contribution in [0.3, 0.4) is 0 Å². The van der Waals surface area contributed by atoms with Crippen LogP contribution in [0.15, 0.2) is 18.2 Å². The number of hydrogen-bond acceptors (Lipinski definition) is 4. The zero-order chi connectivity index (χ0) is 13.2. The molecule has 1 aliphatic carbocycles. The summed E-state index contributed by atoms with van der Waals surface area (Å²) in [5, 5.41) is 3.45. The molecular formula is C15H19NO3. The van der Waals surface area contributed by atoms with Crippen LogP contribution in [-0.4, -0.2) is 32.6 Å². The van der Waals surface area contributed by atoms with E-state index in [1.807, 2.05) is 6.07 Å². The summed E-state index contributed by atoms with van der Waals surface area (Å²) >= 11 is 0. The minimum Gasteiger partial charge on any atom is -0.493 e. The molecule has 2 fully saturated rings. The summed E-state index contributed by atoms with van der Waals surface area (Å²) in [6, 6.07) is 5.34. The first-order chi connectivity index (χ1) is 9.31. The molecule has 4 heteroatoms. The fraction of sp³-hybridized carbons (Fsp3) is 0.533. The number of carbonyl (C=O) groups excluding carboxylic acids is 1. The molecule has 1 heterocycles. The average Bonchev–Trinajstić information content (AvgIpc) is 2.68. The van der Waals surface area contributed by atoms with Gasteiger partial charge in [0.05, 0.1) is 7.11 Å². The summed E-state index contributed by atoms with van der Waals surface area (Å²) in [7, 11) is 1.60. The maximum atomic E-state index is 10.8. The summed E-state index contributed by atoms with van der Waals surface area (Å²) in [5.41, 5.74) is 0.609. The maximum absolute atomic E-state index is 10.8. The van der Waals surface area contributed by atoms with E-state index in [1.54, 1.807) is 19.2 Å². The average molecular weight is 261 g/mol. The molecule has 1 aromatic carbocycles. The number of carbonyl (C=O) groups is 1. The third kappa shape index (κ3) is 2.32. The molecule has 0 amide bonds. The Hall–Kier alpha value is -1.55. The lowest BCUT2D eigenvalue weighted by molar-refractivity contribution is 0.0900. The van der Waals surface area contributed by atoms with Gasteiger partial charge in [-0.2, -0.15) is 0 Å². The topological polar surface area (TPSA) is 47.6 Å². The van der Waals surface area contributed by atoms with E-state index in [9.17, 15) is 4.79 Å². The Balaban J connectivity index is 1.81. The Bertz CT molecular complexity index is 458. The minimum absolute atomic E-state index is 0.275. The van der Waals surface area contributed by atoms with E-state index in [2.05, 4.69) is 5.32 Å². The molecule has 3 rings (SSSR count). The number of piperidine rings is 1. The van der Waals surface area contributed by atoms with Crippen LogP contribution in [0.4, 0.5) is 0 Å². The van der Waals surface area contributed by atoms with E-state index in [-0.39, 0.29) is 6.10 Å². The van der Waals surface area contributed by atoms with Crippen LogP contribution in [0, 0.1) is 11.8 Å². The molecule has 0 radical (unpaired) electrons. The van der Waals surface area contributed by atoms with Crippen LogP contribution >= 0.6 is 0 Å². The van der Waals surface area contributed by atoms with E-state index < -0.39 is 0 Å². The van der Waals surface area contributed by atoms with Crippen molar-refractivity contribution in [3.05, 3.63) is 23.8 Å². The van der Waals surface area contributed by atoms with Crippen molar-refractivity contribution in [2.45, 2.75) is 18.9 Å². The molecule has 1 saturated heterocycles. The van der Waals surface area contributed by atoms with Gasteiger partial charge in [-0.15, -0.1) is 0 Å². The van der Waals surface area contributed by atoms with E-state index in [4.69, 9.17) is 9.47 Å². The zero-order valence-corrected chi connectivity index (χ0v) is 11.1. The number of methoxy groups -OCH3 is 1. The second-order valence-electron chi connectivity index (χ2n) is 5.37. The molecular weight excluding hydrogens is 242 g/mol. The first-order valence-electron chi connectivity index (χ1n) is 6.82. The van der Waals surface area contributed by atoms with E-state index >= 15 is 0 Å². The zero-order valence-electron chi connectivity index (χ0n) is 11.1. The van der Waals surface area contributed by atoms with Gasteiger partial charge in [0.2, 0.25) is 0 Å². The fourth-order valence-corrected chi connectivity index (χ4v) is 3.23. The van der Waals surface area contributed by atoms with Crippen molar-refractivity contribution in [3.63, 3.8) is 0 Å². The first-order valence-corrected chi connectivity index (χ1v) is 6.82. The summed E-state index contributed by atoms with van der Waals surface area (Å²) in [4.78, 5) is 10.8. The lowest BCUT2D eigenvalue weighted by Gasteiger charge is -2.31. The molecule has 1 N–H and O–H groups in total. The lowest BCUT2D eigenvalue weighted by atomic mass is 9.96. The van der Waals surface area contributed by atoms with Gasteiger partial charge >= 0.3 is 0 Å². The largest absolute Gasteiger partial charge is 0.493 e. The van der Waals surface area contributed by atoms with Gasteiger partial charge in [0.1, 0.15) is 12.4 Å². The number of ether oxygens (including phenoxy) is 2. The summed E-state index contributed by atoms with van der Waals surface area (Å²) < 4.78 is 11.5. The number of benzene rings is 1. The van der Waals surface area contributed by atoms with Crippen molar-refractivity contribution in [1.29, 1.82) is 0 Å². The van der Waals surface area contributed by atoms with Gasteiger partial charge < -0.3 is 14.8 Å². The second-order valence-corrected chi connectivity index (χ2v) is 5.37. The number of nitrogens with one attached hydrogen (secondary N) is 1. The number of fused-ring (bicyclic) bond motifs is 2. The summed E-state index contributed by atoms with van der Waals surface area (Å²) in [6.07, 6.45) is 3.56. The van der Waals surface area contributed by atoms with Gasteiger partial charge in [-0.1, -0.05) is 0 Å². The molecule has 1 aromatic rings. The molecule has 2 bridgehead atoms. The van der Waals surface area contributed by atoms with Gasteiger partial charge in [-0.25, -0.2) is 0 Å². The quantitative estimate of drug-likeness (QED) is 0.841. The SMILES string of the molecule is COc1cc(C=O)ccc1OC1C2CCC1CNC2. The van der Waals surface area contributed by atoms with Crippen molar-refractivity contribution < 1.29 is 14.3 Å². The molecule has 4 nitrogen and oxygen atoms in total. The highest BCUT2D eigenvalue weighted by atomic mass is 16.5. The molecule has 2 atom stereocenters. The van der Waals surface area contributed by atoms with Crippen molar-refractivity contribution in [3.8, 4) is 11.5 Å². The third-order valence-corrected chi connectivity index (χ3v) is 4.24. The predicted octanol–water partition coefficient (Wildman–Crippen LogP) is 1.88. The molecule has 1 saturated carbocycles. The van der Waals surface area contributed by atoms with Gasteiger partial charge in [-0.05, 0) is 31.0 Å². The monoisotopic (exact) mass is 261 g/mol. The Morgan fingerprint density at radius 1 is 1.21 bits per heavy atom. The normalized spacial score (nSPS) is 29.0. The van der Waals surface area contributed by atoms with E-state index in [0.717, 1.165) is 25.1 Å². The van der Waals surface area contributed by atoms with Gasteiger partial charge in [0, 0.05) is 30.5 Å². The fourth-order valence-electron chi connectivity index (χ4n) is 3.23. The van der Waals surface area contributed by atoms with Crippen LogP contribution in [0.5, 0.6) is 11.5 Å². The van der Waals surface area contributed by atoms with Crippen molar-refractivity contribution >= 4 is 6.29 Å². The predicted molar refractivity (Wildman–Crippen MR) is 71.9 cm³/mol. The molecule has 0 spiro atoms. The molecule has 2 aliphatic rings. The molecule has 1 aliphatic heterocycles. The number of rotatable bonds is 4. The Labute approximate surface area is 113 Å². The number of aldehydes is 1. The lowest BCUT2D eigenvalue weighted by Crippen LogP contribution is -2.44. The Morgan fingerprint density at radius 2 is 1.95 bits per heavy atom.